The van der Waals surface area contributed by atoms with Gasteiger partial charge in [0.05, 0.1) is 15.5 Å². The van der Waals surface area contributed by atoms with Crippen molar-refractivity contribution in [1.82, 2.24) is 4.98 Å². The Morgan fingerprint density at radius 3 is 2.55 bits per heavy atom. The van der Waals surface area contributed by atoms with Gasteiger partial charge in [-0.1, -0.05) is 29.3 Å². The van der Waals surface area contributed by atoms with Crippen LogP contribution in [0.2, 0.25) is 10.2 Å². The van der Waals surface area contributed by atoms with Crippen molar-refractivity contribution in [3.8, 4) is 6.07 Å². The molecular formula is C12H7Cl2N3O2S. The van der Waals surface area contributed by atoms with E-state index in [1.807, 2.05) is 6.07 Å². The highest BCUT2D eigenvalue weighted by Crippen LogP contribution is 2.22. The van der Waals surface area contributed by atoms with Gasteiger partial charge in [-0.15, -0.1) is 0 Å². The largest absolute Gasteiger partial charge is 0.263 e. The van der Waals surface area contributed by atoms with Crippen molar-refractivity contribution in [2.45, 2.75) is 4.90 Å². The lowest BCUT2D eigenvalue weighted by Gasteiger charge is -2.08. The predicted octanol–water partition coefficient (Wildman–Crippen LogP) is 3.06. The van der Waals surface area contributed by atoms with Gasteiger partial charge in [0.25, 0.3) is 10.0 Å². The van der Waals surface area contributed by atoms with E-state index in [2.05, 4.69) is 9.71 Å². The average molecular weight is 328 g/mol. The number of nitriles is 1. The Bertz CT molecular complexity index is 801. The summed E-state index contributed by atoms with van der Waals surface area (Å²) >= 11 is 11.5. The molecule has 1 N–H and O–H groups in total. The molecule has 0 aliphatic heterocycles. The highest BCUT2D eigenvalue weighted by molar-refractivity contribution is 7.92. The summed E-state index contributed by atoms with van der Waals surface area (Å²) in [6.45, 7) is 0. The maximum absolute atomic E-state index is 12.1. The summed E-state index contributed by atoms with van der Waals surface area (Å²) in [7, 11) is -3.84. The topological polar surface area (TPSA) is 82.8 Å². The van der Waals surface area contributed by atoms with E-state index in [0.29, 0.717) is 0 Å². The van der Waals surface area contributed by atoms with Gasteiger partial charge in [-0.25, -0.2) is 13.4 Å². The molecule has 0 amide bonds. The minimum absolute atomic E-state index is 0.0643. The molecule has 0 unspecified atom stereocenters. The summed E-state index contributed by atoms with van der Waals surface area (Å²) < 4.78 is 26.5. The first kappa shape index (κ1) is 14.6. The minimum atomic E-state index is -3.84. The highest BCUT2D eigenvalue weighted by atomic mass is 35.5. The molecule has 0 aliphatic carbocycles. The quantitative estimate of drug-likeness (QED) is 0.878. The Kier molecular flexibility index (Phi) is 4.14. The van der Waals surface area contributed by atoms with Crippen molar-refractivity contribution < 1.29 is 8.42 Å². The fourth-order valence-corrected chi connectivity index (χ4v) is 2.89. The van der Waals surface area contributed by atoms with E-state index >= 15 is 0 Å². The number of sulfonamides is 1. The van der Waals surface area contributed by atoms with Crippen LogP contribution in [0.5, 0.6) is 0 Å². The van der Waals surface area contributed by atoms with Crippen LogP contribution in [0, 0.1) is 11.3 Å². The molecule has 0 fully saturated rings. The Balaban J connectivity index is 2.36. The third-order valence-electron chi connectivity index (χ3n) is 2.33. The second kappa shape index (κ2) is 5.67. The predicted molar refractivity (Wildman–Crippen MR) is 76.2 cm³/mol. The number of anilines is 1. The molecule has 0 radical (unpaired) electrons. The molecule has 0 bridgehead atoms. The Hall–Kier alpha value is -1.81. The number of rotatable bonds is 3. The van der Waals surface area contributed by atoms with Gasteiger partial charge in [-0.3, -0.25) is 4.72 Å². The van der Waals surface area contributed by atoms with Crippen molar-refractivity contribution in [3.63, 3.8) is 0 Å². The number of hydrogen-bond donors (Lipinski definition) is 1. The zero-order chi connectivity index (χ0) is 14.8. The molecule has 1 aromatic carbocycles. The highest BCUT2D eigenvalue weighted by Gasteiger charge is 2.16. The molecule has 0 saturated heterocycles. The van der Waals surface area contributed by atoms with Crippen LogP contribution in [0.15, 0.2) is 41.3 Å². The summed E-state index contributed by atoms with van der Waals surface area (Å²) in [5.41, 5.74) is 0.200. The SMILES string of the molecule is N#Cc1ccc(S(=O)(=O)Nc2cccc(Cl)n2)cc1Cl. The normalized spacial score (nSPS) is 10.8. The lowest BCUT2D eigenvalue weighted by atomic mass is 10.2. The molecule has 0 saturated carbocycles. The van der Waals surface area contributed by atoms with Crippen LogP contribution in [-0.2, 0) is 10.0 Å². The maximum Gasteiger partial charge on any atom is 0.263 e. The summed E-state index contributed by atoms with van der Waals surface area (Å²) in [5, 5.41) is 8.99. The molecule has 2 rings (SSSR count). The van der Waals surface area contributed by atoms with E-state index in [4.69, 9.17) is 28.5 Å². The second-order valence-electron chi connectivity index (χ2n) is 3.70. The lowest BCUT2D eigenvalue weighted by Crippen LogP contribution is -2.14. The van der Waals surface area contributed by atoms with Crippen molar-refractivity contribution >= 4 is 39.0 Å². The van der Waals surface area contributed by atoms with Crippen LogP contribution >= 0.6 is 23.2 Å². The summed E-state index contributed by atoms with van der Waals surface area (Å²) in [6.07, 6.45) is 0. The molecule has 1 aromatic heterocycles. The number of benzene rings is 1. The first-order valence-electron chi connectivity index (χ1n) is 5.27. The number of nitrogens with one attached hydrogen (secondary N) is 1. The number of pyridine rings is 1. The number of hydrogen-bond acceptors (Lipinski definition) is 4. The van der Waals surface area contributed by atoms with Gasteiger partial charge >= 0.3 is 0 Å². The number of nitrogens with zero attached hydrogens (tertiary/aromatic N) is 2. The van der Waals surface area contributed by atoms with Gasteiger partial charge < -0.3 is 0 Å². The summed E-state index contributed by atoms with van der Waals surface area (Å²) in [6, 6.07) is 10.2. The van der Waals surface area contributed by atoms with Crippen LogP contribution in [0.1, 0.15) is 5.56 Å². The van der Waals surface area contributed by atoms with Crippen molar-refractivity contribution in [1.29, 1.82) is 5.26 Å². The molecule has 20 heavy (non-hydrogen) atoms. The summed E-state index contributed by atoms with van der Waals surface area (Å²) in [4.78, 5) is 3.76. The van der Waals surface area contributed by atoms with Crippen LogP contribution in [0.25, 0.3) is 0 Å². The third kappa shape index (κ3) is 3.20. The molecule has 5 nitrogen and oxygen atoms in total. The molecule has 8 heteroatoms. The fourth-order valence-electron chi connectivity index (χ4n) is 1.42. The van der Waals surface area contributed by atoms with E-state index in [0.717, 1.165) is 0 Å². The average Bonchev–Trinajstić information content (AvgIpc) is 2.38. The standard InChI is InChI=1S/C12H7Cl2N3O2S/c13-10-6-9(5-4-8(10)7-15)20(18,19)17-12-3-1-2-11(14)16-12/h1-6H,(H,16,17). The Morgan fingerprint density at radius 1 is 1.20 bits per heavy atom. The van der Waals surface area contributed by atoms with Gasteiger partial charge in [-0.2, -0.15) is 5.26 Å². The van der Waals surface area contributed by atoms with Gasteiger partial charge in [0, 0.05) is 0 Å². The zero-order valence-electron chi connectivity index (χ0n) is 9.84. The van der Waals surface area contributed by atoms with Gasteiger partial charge in [0.1, 0.15) is 17.0 Å². The lowest BCUT2D eigenvalue weighted by molar-refractivity contribution is 0.601. The van der Waals surface area contributed by atoms with E-state index in [1.54, 1.807) is 6.07 Å². The van der Waals surface area contributed by atoms with E-state index in [-0.39, 0.29) is 26.5 Å². The van der Waals surface area contributed by atoms with E-state index in [1.165, 1.54) is 30.3 Å². The molecule has 102 valence electrons. The first-order chi connectivity index (χ1) is 9.42. The van der Waals surface area contributed by atoms with Gasteiger partial charge in [-0.05, 0) is 30.3 Å². The first-order valence-corrected chi connectivity index (χ1v) is 7.51. The van der Waals surface area contributed by atoms with E-state index in [9.17, 15) is 8.42 Å². The molecule has 0 aliphatic rings. The zero-order valence-corrected chi connectivity index (χ0v) is 12.2. The smallest absolute Gasteiger partial charge is 0.263 e. The van der Waals surface area contributed by atoms with Crippen molar-refractivity contribution in [3.05, 3.63) is 52.1 Å². The third-order valence-corrected chi connectivity index (χ3v) is 4.20. The van der Waals surface area contributed by atoms with Crippen molar-refractivity contribution in [2.24, 2.45) is 0 Å². The van der Waals surface area contributed by atoms with Crippen LogP contribution in [0.3, 0.4) is 0 Å². The minimum Gasteiger partial charge on any atom is -0.263 e. The van der Waals surface area contributed by atoms with Gasteiger partial charge in [0.2, 0.25) is 0 Å². The molecule has 2 aromatic rings. The van der Waals surface area contributed by atoms with Crippen LogP contribution in [0.4, 0.5) is 5.82 Å². The molecular weight excluding hydrogens is 321 g/mol. The monoisotopic (exact) mass is 327 g/mol. The molecule has 0 atom stereocenters. The van der Waals surface area contributed by atoms with Crippen molar-refractivity contribution in [2.75, 3.05) is 4.72 Å². The maximum atomic E-state index is 12.1. The molecule has 1 heterocycles. The number of halogens is 2. The van der Waals surface area contributed by atoms with Gasteiger partial charge in [0.15, 0.2) is 0 Å². The fraction of sp³-hybridized carbons (Fsp3) is 0. The number of aromatic nitrogens is 1. The molecule has 0 spiro atoms. The van der Waals surface area contributed by atoms with E-state index < -0.39 is 10.0 Å². The Morgan fingerprint density at radius 2 is 1.95 bits per heavy atom. The Labute approximate surface area is 125 Å². The van der Waals surface area contributed by atoms with Crippen LogP contribution in [-0.4, -0.2) is 13.4 Å². The van der Waals surface area contributed by atoms with Crippen LogP contribution < -0.4 is 4.72 Å². The summed E-state index contributed by atoms with van der Waals surface area (Å²) in [5.74, 6) is 0.0954. The second-order valence-corrected chi connectivity index (χ2v) is 6.18.